The molecule has 24 heavy (non-hydrogen) atoms. The van der Waals surface area contributed by atoms with Gasteiger partial charge >= 0.3 is 0 Å². The van der Waals surface area contributed by atoms with E-state index in [1.54, 1.807) is 11.9 Å². The first-order chi connectivity index (χ1) is 11.5. The fourth-order valence-corrected chi connectivity index (χ4v) is 2.21. The number of nitrogens with zero attached hydrogens (tertiary/aromatic N) is 2. The fourth-order valence-electron chi connectivity index (χ4n) is 2.21. The van der Waals surface area contributed by atoms with Crippen molar-refractivity contribution in [1.29, 1.82) is 0 Å². The number of hydrogen-bond acceptors (Lipinski definition) is 5. The van der Waals surface area contributed by atoms with Crippen molar-refractivity contribution in [3.05, 3.63) is 33.9 Å². The zero-order valence-electron chi connectivity index (χ0n) is 14.2. The van der Waals surface area contributed by atoms with Crippen molar-refractivity contribution in [3.63, 3.8) is 0 Å². The molecule has 0 bridgehead atoms. The van der Waals surface area contributed by atoms with Crippen molar-refractivity contribution in [3.8, 4) is 5.75 Å². The average Bonchev–Trinajstić information content (AvgIpc) is 2.58. The Labute approximate surface area is 141 Å². The van der Waals surface area contributed by atoms with Gasteiger partial charge in [-0.15, -0.1) is 0 Å². The first kappa shape index (κ1) is 19.6. The summed E-state index contributed by atoms with van der Waals surface area (Å²) in [5.41, 5.74) is -0.273. The number of amides is 1. The van der Waals surface area contributed by atoms with Crippen LogP contribution in [0.3, 0.4) is 0 Å². The van der Waals surface area contributed by atoms with Gasteiger partial charge in [0.25, 0.3) is 5.69 Å². The molecular formula is C17H24N2O5. The van der Waals surface area contributed by atoms with Crippen molar-refractivity contribution >= 4 is 17.9 Å². The van der Waals surface area contributed by atoms with Crippen molar-refractivity contribution < 1.29 is 19.2 Å². The number of nitro groups is 1. The lowest BCUT2D eigenvalue weighted by Gasteiger charge is -2.17. The molecule has 0 heterocycles. The SMILES string of the molecule is CCCCCN(C)C(=O)CCCOc1ccc([N+](=O)[O-])c(C=O)c1. The minimum Gasteiger partial charge on any atom is -0.494 e. The second-order valence-electron chi connectivity index (χ2n) is 5.57. The topological polar surface area (TPSA) is 89.8 Å². The summed E-state index contributed by atoms with van der Waals surface area (Å²) in [5, 5.41) is 10.7. The number of benzene rings is 1. The van der Waals surface area contributed by atoms with Gasteiger partial charge in [0.2, 0.25) is 5.91 Å². The second-order valence-corrected chi connectivity index (χ2v) is 5.57. The number of nitro benzene ring substituents is 1. The molecule has 0 aliphatic rings. The van der Waals surface area contributed by atoms with Gasteiger partial charge in [-0.05, 0) is 25.0 Å². The summed E-state index contributed by atoms with van der Waals surface area (Å²) in [7, 11) is 1.80. The predicted octanol–water partition coefficient (Wildman–Crippen LogP) is 3.21. The van der Waals surface area contributed by atoms with Gasteiger partial charge in [-0.3, -0.25) is 19.7 Å². The summed E-state index contributed by atoms with van der Waals surface area (Å²) in [4.78, 5) is 34.7. The molecule has 0 saturated carbocycles. The van der Waals surface area contributed by atoms with E-state index in [0.717, 1.165) is 25.8 Å². The predicted molar refractivity (Wildman–Crippen MR) is 90.4 cm³/mol. The lowest BCUT2D eigenvalue weighted by atomic mass is 10.2. The highest BCUT2D eigenvalue weighted by Crippen LogP contribution is 2.22. The van der Waals surface area contributed by atoms with Crippen LogP contribution in [-0.4, -0.2) is 42.2 Å². The molecule has 0 radical (unpaired) electrons. The molecule has 1 rings (SSSR count). The Bertz CT molecular complexity index is 574. The third kappa shape index (κ3) is 6.36. The number of ether oxygens (including phenoxy) is 1. The summed E-state index contributed by atoms with van der Waals surface area (Å²) in [6.45, 7) is 3.19. The highest BCUT2D eigenvalue weighted by molar-refractivity contribution is 5.82. The number of unbranched alkanes of at least 4 members (excludes halogenated alkanes) is 2. The molecule has 0 aromatic heterocycles. The van der Waals surface area contributed by atoms with Crippen molar-refractivity contribution in [2.24, 2.45) is 0 Å². The maximum Gasteiger partial charge on any atom is 0.280 e. The van der Waals surface area contributed by atoms with Gasteiger partial charge in [0.1, 0.15) is 5.75 Å². The van der Waals surface area contributed by atoms with Crippen LogP contribution < -0.4 is 4.74 Å². The summed E-state index contributed by atoms with van der Waals surface area (Å²) in [6.07, 6.45) is 4.60. The summed E-state index contributed by atoms with van der Waals surface area (Å²) < 4.78 is 5.46. The van der Waals surface area contributed by atoms with Crippen LogP contribution in [0.4, 0.5) is 5.69 Å². The van der Waals surface area contributed by atoms with Crippen LogP contribution in [-0.2, 0) is 4.79 Å². The smallest absolute Gasteiger partial charge is 0.280 e. The molecule has 0 saturated heterocycles. The molecule has 7 nitrogen and oxygen atoms in total. The van der Waals surface area contributed by atoms with Crippen LogP contribution in [0.5, 0.6) is 5.75 Å². The quantitative estimate of drug-likeness (QED) is 0.268. The maximum atomic E-state index is 11.9. The minimum absolute atomic E-state index is 0.0239. The van der Waals surface area contributed by atoms with Crippen molar-refractivity contribution in [2.75, 3.05) is 20.2 Å². The number of aldehydes is 1. The van der Waals surface area contributed by atoms with E-state index in [1.807, 2.05) is 0 Å². The Morgan fingerprint density at radius 2 is 2.08 bits per heavy atom. The van der Waals surface area contributed by atoms with Gasteiger partial charge in [0.15, 0.2) is 6.29 Å². The molecular weight excluding hydrogens is 312 g/mol. The van der Waals surface area contributed by atoms with Crippen LogP contribution in [0.15, 0.2) is 18.2 Å². The monoisotopic (exact) mass is 336 g/mol. The third-order valence-electron chi connectivity index (χ3n) is 3.65. The van der Waals surface area contributed by atoms with E-state index in [4.69, 9.17) is 4.74 Å². The van der Waals surface area contributed by atoms with Crippen molar-refractivity contribution in [2.45, 2.75) is 39.0 Å². The Morgan fingerprint density at radius 3 is 2.71 bits per heavy atom. The third-order valence-corrected chi connectivity index (χ3v) is 3.65. The highest BCUT2D eigenvalue weighted by Gasteiger charge is 2.14. The van der Waals surface area contributed by atoms with Gasteiger partial charge < -0.3 is 9.64 Å². The highest BCUT2D eigenvalue weighted by atomic mass is 16.6. The minimum atomic E-state index is -0.611. The molecule has 1 amide bonds. The van der Waals surface area contributed by atoms with Crippen LogP contribution in [0.25, 0.3) is 0 Å². The van der Waals surface area contributed by atoms with Crippen molar-refractivity contribution in [1.82, 2.24) is 4.90 Å². The van der Waals surface area contributed by atoms with Gasteiger partial charge in [0.05, 0.1) is 17.1 Å². The lowest BCUT2D eigenvalue weighted by Crippen LogP contribution is -2.27. The maximum absolute atomic E-state index is 11.9. The number of carbonyl (C=O) groups excluding carboxylic acids is 2. The molecule has 1 aromatic rings. The Kier molecular flexibility index (Phi) is 8.46. The van der Waals surface area contributed by atoms with Gasteiger partial charge in [-0.2, -0.15) is 0 Å². The van der Waals surface area contributed by atoms with Crippen LogP contribution in [0.1, 0.15) is 49.4 Å². The van der Waals surface area contributed by atoms with Crippen LogP contribution >= 0.6 is 0 Å². The van der Waals surface area contributed by atoms with Gasteiger partial charge in [-0.25, -0.2) is 0 Å². The summed E-state index contributed by atoms with van der Waals surface area (Å²) in [5.74, 6) is 0.457. The molecule has 0 fully saturated rings. The summed E-state index contributed by atoms with van der Waals surface area (Å²) >= 11 is 0. The van der Waals surface area contributed by atoms with E-state index in [-0.39, 0.29) is 17.2 Å². The molecule has 0 atom stereocenters. The zero-order chi connectivity index (χ0) is 17.9. The standard InChI is InChI=1S/C17H24N2O5/c1-3-4-5-10-18(2)17(21)7-6-11-24-15-8-9-16(19(22)23)14(12-15)13-20/h8-9,12-13H,3-7,10-11H2,1-2H3. The van der Waals surface area contributed by atoms with E-state index >= 15 is 0 Å². The van der Waals surface area contributed by atoms with Gasteiger partial charge in [-0.1, -0.05) is 19.8 Å². The number of rotatable bonds is 11. The van der Waals surface area contributed by atoms with E-state index < -0.39 is 4.92 Å². The van der Waals surface area contributed by atoms with E-state index in [9.17, 15) is 19.7 Å². The Balaban J connectivity index is 2.38. The lowest BCUT2D eigenvalue weighted by molar-refractivity contribution is -0.385. The second kappa shape index (κ2) is 10.4. The number of hydrogen-bond donors (Lipinski definition) is 0. The van der Waals surface area contributed by atoms with Crippen LogP contribution in [0, 0.1) is 10.1 Å². The Morgan fingerprint density at radius 1 is 1.33 bits per heavy atom. The van der Waals surface area contributed by atoms with Crippen LogP contribution in [0.2, 0.25) is 0 Å². The number of carbonyl (C=O) groups is 2. The molecule has 1 aromatic carbocycles. The molecule has 7 heteroatoms. The zero-order valence-corrected chi connectivity index (χ0v) is 14.2. The molecule has 0 N–H and O–H groups in total. The first-order valence-corrected chi connectivity index (χ1v) is 8.10. The molecule has 0 aliphatic carbocycles. The average molecular weight is 336 g/mol. The largest absolute Gasteiger partial charge is 0.494 e. The van der Waals surface area contributed by atoms with Gasteiger partial charge in [0, 0.05) is 26.1 Å². The Hall–Kier alpha value is -2.44. The van der Waals surface area contributed by atoms with E-state index in [0.29, 0.717) is 31.5 Å². The molecule has 0 aliphatic heterocycles. The normalized spacial score (nSPS) is 10.2. The molecule has 132 valence electrons. The molecule has 0 spiro atoms. The first-order valence-electron chi connectivity index (χ1n) is 8.10. The van der Waals surface area contributed by atoms with E-state index in [2.05, 4.69) is 6.92 Å². The van der Waals surface area contributed by atoms with E-state index in [1.165, 1.54) is 18.2 Å². The molecule has 0 unspecified atom stereocenters. The summed E-state index contributed by atoms with van der Waals surface area (Å²) in [6, 6.07) is 4.03. The fraction of sp³-hybridized carbons (Fsp3) is 0.529.